The second kappa shape index (κ2) is 52.7. The highest BCUT2D eigenvalue weighted by Gasteiger charge is 2.19. The monoisotopic (exact) mass is 901 g/mol. The normalized spacial score (nSPS) is 13.0. The SMILES string of the molecule is CC\C=C/C=C\C=C/C=C\C=C\C=C/C=C\CCCCCC(=O)OCC(COC(=O)CCCCCC/C=C\CCCC)OC(=O)CCCCCCC/C=C\CCCCCCCCCCC. The molecule has 0 spiro atoms. The molecule has 6 nitrogen and oxygen atoms in total. The van der Waals surface area contributed by atoms with Crippen molar-refractivity contribution in [1.82, 2.24) is 0 Å². The number of rotatable bonds is 46. The minimum Gasteiger partial charge on any atom is -0.462 e. The zero-order valence-electron chi connectivity index (χ0n) is 42.0. The highest BCUT2D eigenvalue weighted by Crippen LogP contribution is 2.14. The summed E-state index contributed by atoms with van der Waals surface area (Å²) in [5.74, 6) is -0.976. The molecule has 1 atom stereocenters. The summed E-state index contributed by atoms with van der Waals surface area (Å²) < 4.78 is 16.7. The minimum absolute atomic E-state index is 0.104. The van der Waals surface area contributed by atoms with Crippen molar-refractivity contribution in [2.45, 2.75) is 232 Å². The van der Waals surface area contributed by atoms with Crippen molar-refractivity contribution in [2.24, 2.45) is 0 Å². The molecule has 65 heavy (non-hydrogen) atoms. The summed E-state index contributed by atoms with van der Waals surface area (Å²) in [6.07, 6.45) is 70.7. The number of unbranched alkanes of at least 4 members (excludes halogenated alkanes) is 23. The molecule has 368 valence electrons. The second-order valence-corrected chi connectivity index (χ2v) is 17.2. The molecule has 0 aromatic heterocycles. The maximum absolute atomic E-state index is 12.8. The molecule has 0 aromatic carbocycles. The van der Waals surface area contributed by atoms with Gasteiger partial charge >= 0.3 is 17.9 Å². The Balaban J connectivity index is 4.48. The molecule has 0 aromatic rings. The van der Waals surface area contributed by atoms with Crippen molar-refractivity contribution in [2.75, 3.05) is 13.2 Å². The van der Waals surface area contributed by atoms with E-state index >= 15 is 0 Å². The number of carbonyl (C=O) groups is 3. The molecular formula is C59H96O6. The molecule has 0 fully saturated rings. The number of ether oxygens (including phenoxy) is 3. The van der Waals surface area contributed by atoms with Gasteiger partial charge in [-0.3, -0.25) is 14.4 Å². The molecule has 0 radical (unpaired) electrons. The fourth-order valence-electron chi connectivity index (χ4n) is 6.93. The maximum Gasteiger partial charge on any atom is 0.306 e. The van der Waals surface area contributed by atoms with Gasteiger partial charge in [-0.1, -0.05) is 233 Å². The Labute approximate surface area is 400 Å². The molecule has 0 saturated carbocycles. The molecule has 0 amide bonds. The lowest BCUT2D eigenvalue weighted by atomic mass is 10.1. The van der Waals surface area contributed by atoms with Crippen molar-refractivity contribution in [1.29, 1.82) is 0 Å². The van der Waals surface area contributed by atoms with E-state index < -0.39 is 6.10 Å². The Hall–Kier alpha value is -3.93. The third-order valence-corrected chi connectivity index (χ3v) is 10.9. The van der Waals surface area contributed by atoms with Crippen LogP contribution in [0.25, 0.3) is 0 Å². The standard InChI is InChI=1S/C59H96O6/c1-4-7-10-13-16-19-22-24-26-28-30-32-33-35-37-40-43-46-49-52-58(61)64-55-56(54-63-57(60)51-48-45-42-39-21-18-15-12-9-6-3)65-59(62)53-50-47-44-41-38-36-34-31-29-27-25-23-20-17-14-11-8-5-2/h7,10,13,15-16,18-19,22,24,26,28,30-35,37,56H,4-6,8-9,11-12,14,17,20-21,23,25,27,29,36,38-55H2,1-3H3/b10-7-,16-13-,18-15-,22-19-,26-24-,30-28+,33-32-,34-31-,37-35-. The van der Waals surface area contributed by atoms with Crippen molar-refractivity contribution in [3.63, 3.8) is 0 Å². The first-order valence-corrected chi connectivity index (χ1v) is 26.5. The molecule has 0 aliphatic heterocycles. The lowest BCUT2D eigenvalue weighted by Gasteiger charge is -2.18. The summed E-state index contributed by atoms with van der Waals surface area (Å²) in [5.41, 5.74) is 0. The number of hydrogen-bond acceptors (Lipinski definition) is 6. The number of hydrogen-bond donors (Lipinski definition) is 0. The number of esters is 3. The van der Waals surface area contributed by atoms with Crippen LogP contribution in [0.4, 0.5) is 0 Å². The first-order valence-electron chi connectivity index (χ1n) is 26.5. The Morgan fingerprint density at radius 1 is 0.323 bits per heavy atom. The summed E-state index contributed by atoms with van der Waals surface area (Å²) in [4.78, 5) is 38.0. The highest BCUT2D eigenvalue weighted by atomic mass is 16.6. The molecule has 0 bridgehead atoms. The van der Waals surface area contributed by atoms with Crippen LogP contribution in [0.1, 0.15) is 226 Å². The number of allylic oxidation sites excluding steroid dienone is 18. The highest BCUT2D eigenvalue weighted by molar-refractivity contribution is 5.71. The summed E-state index contributed by atoms with van der Waals surface area (Å²) in [6, 6.07) is 0. The Bertz CT molecular complexity index is 1360. The van der Waals surface area contributed by atoms with E-state index in [1.54, 1.807) is 0 Å². The van der Waals surface area contributed by atoms with E-state index in [9.17, 15) is 14.4 Å². The molecule has 0 aliphatic rings. The van der Waals surface area contributed by atoms with E-state index in [2.05, 4.69) is 57.2 Å². The van der Waals surface area contributed by atoms with Gasteiger partial charge in [0.25, 0.3) is 0 Å². The largest absolute Gasteiger partial charge is 0.462 e. The average molecular weight is 901 g/mol. The first-order chi connectivity index (χ1) is 32.0. The van der Waals surface area contributed by atoms with E-state index in [1.165, 1.54) is 83.5 Å². The van der Waals surface area contributed by atoms with Crippen LogP contribution in [0.3, 0.4) is 0 Å². The third-order valence-electron chi connectivity index (χ3n) is 10.9. The fourth-order valence-corrected chi connectivity index (χ4v) is 6.93. The lowest BCUT2D eigenvalue weighted by Crippen LogP contribution is -2.30. The van der Waals surface area contributed by atoms with E-state index in [0.717, 1.165) is 103 Å². The lowest BCUT2D eigenvalue weighted by molar-refractivity contribution is -0.167. The van der Waals surface area contributed by atoms with Gasteiger partial charge in [0.05, 0.1) is 0 Å². The van der Waals surface area contributed by atoms with Gasteiger partial charge in [-0.05, 0) is 83.5 Å². The van der Waals surface area contributed by atoms with Gasteiger partial charge in [-0.2, -0.15) is 0 Å². The molecule has 6 heteroatoms. The molecule has 1 unspecified atom stereocenters. The predicted molar refractivity (Wildman–Crippen MR) is 279 cm³/mol. The van der Waals surface area contributed by atoms with Crippen LogP contribution in [-0.2, 0) is 28.6 Å². The van der Waals surface area contributed by atoms with E-state index in [4.69, 9.17) is 14.2 Å². The van der Waals surface area contributed by atoms with E-state index in [-0.39, 0.29) is 31.1 Å². The van der Waals surface area contributed by atoms with E-state index in [0.29, 0.717) is 19.3 Å². The van der Waals surface area contributed by atoms with Crippen molar-refractivity contribution >= 4 is 17.9 Å². The van der Waals surface area contributed by atoms with Crippen LogP contribution in [0.2, 0.25) is 0 Å². The quantitative estimate of drug-likeness (QED) is 0.0199. The van der Waals surface area contributed by atoms with Crippen LogP contribution in [0.15, 0.2) is 109 Å². The fraction of sp³-hybridized carbons (Fsp3) is 0.644. The van der Waals surface area contributed by atoms with Gasteiger partial charge in [-0.25, -0.2) is 0 Å². The summed E-state index contributed by atoms with van der Waals surface area (Å²) in [6.45, 7) is 6.38. The summed E-state index contributed by atoms with van der Waals surface area (Å²) in [7, 11) is 0. The summed E-state index contributed by atoms with van der Waals surface area (Å²) >= 11 is 0. The molecular weight excluding hydrogens is 805 g/mol. The van der Waals surface area contributed by atoms with Crippen molar-refractivity contribution < 1.29 is 28.6 Å². The predicted octanol–water partition coefficient (Wildman–Crippen LogP) is 17.5. The van der Waals surface area contributed by atoms with Gasteiger partial charge in [0, 0.05) is 19.3 Å². The van der Waals surface area contributed by atoms with Gasteiger partial charge in [-0.15, -0.1) is 0 Å². The molecule has 0 N–H and O–H groups in total. The Morgan fingerprint density at radius 3 is 1.05 bits per heavy atom. The average Bonchev–Trinajstić information content (AvgIpc) is 3.30. The number of carbonyl (C=O) groups excluding carboxylic acids is 3. The Morgan fingerprint density at radius 2 is 0.631 bits per heavy atom. The third kappa shape index (κ3) is 50.9. The topological polar surface area (TPSA) is 78.9 Å². The van der Waals surface area contributed by atoms with E-state index in [1.807, 2.05) is 72.9 Å². The van der Waals surface area contributed by atoms with Gasteiger partial charge in [0.1, 0.15) is 13.2 Å². The van der Waals surface area contributed by atoms with Crippen LogP contribution in [-0.4, -0.2) is 37.2 Å². The van der Waals surface area contributed by atoms with Crippen molar-refractivity contribution in [3.8, 4) is 0 Å². The maximum atomic E-state index is 12.8. The zero-order valence-corrected chi connectivity index (χ0v) is 42.0. The molecule has 0 heterocycles. The minimum atomic E-state index is -0.807. The van der Waals surface area contributed by atoms with Crippen LogP contribution >= 0.6 is 0 Å². The van der Waals surface area contributed by atoms with Gasteiger partial charge in [0.2, 0.25) is 0 Å². The van der Waals surface area contributed by atoms with Crippen molar-refractivity contribution in [3.05, 3.63) is 109 Å². The smallest absolute Gasteiger partial charge is 0.306 e. The summed E-state index contributed by atoms with van der Waals surface area (Å²) in [5, 5.41) is 0. The second-order valence-electron chi connectivity index (χ2n) is 17.2. The van der Waals surface area contributed by atoms with Crippen LogP contribution in [0, 0.1) is 0 Å². The van der Waals surface area contributed by atoms with Crippen LogP contribution < -0.4 is 0 Å². The van der Waals surface area contributed by atoms with Crippen LogP contribution in [0.5, 0.6) is 0 Å². The van der Waals surface area contributed by atoms with Gasteiger partial charge in [0.15, 0.2) is 6.10 Å². The molecule has 0 saturated heterocycles. The molecule has 0 rings (SSSR count). The van der Waals surface area contributed by atoms with Gasteiger partial charge < -0.3 is 14.2 Å². The zero-order chi connectivity index (χ0) is 47.2. The Kier molecular flexibility index (Phi) is 49.5. The first kappa shape index (κ1) is 61.1. The molecule has 0 aliphatic carbocycles.